The topological polar surface area (TPSA) is 174 Å². The van der Waals surface area contributed by atoms with Crippen LogP contribution in [0.5, 0.6) is 11.5 Å². The van der Waals surface area contributed by atoms with Gasteiger partial charge in [0, 0.05) is 31.3 Å². The highest BCUT2D eigenvalue weighted by Gasteiger charge is 2.42. The Bertz CT molecular complexity index is 1760. The minimum absolute atomic E-state index is 0.0118. The van der Waals surface area contributed by atoms with Gasteiger partial charge in [-0.3, -0.25) is 14.4 Å². The van der Waals surface area contributed by atoms with E-state index in [0.29, 0.717) is 48.4 Å². The minimum atomic E-state index is -4.05. The van der Waals surface area contributed by atoms with E-state index in [9.17, 15) is 27.9 Å². The number of ether oxygens (including phenoxy) is 1. The highest BCUT2D eigenvalue weighted by Crippen LogP contribution is 2.44. The van der Waals surface area contributed by atoms with E-state index in [0.717, 1.165) is 31.4 Å². The molecule has 5 N–H and O–H groups in total. The molecule has 1 aliphatic heterocycles. The predicted octanol–water partition coefficient (Wildman–Crippen LogP) is 6.27. The van der Waals surface area contributed by atoms with Crippen LogP contribution in [0.3, 0.4) is 0 Å². The van der Waals surface area contributed by atoms with Crippen LogP contribution in [0.15, 0.2) is 76.5 Å². The number of aromatic hydroxyl groups is 1. The second kappa shape index (κ2) is 19.0. The molecule has 0 saturated carbocycles. The number of fused-ring (bicyclic) bond motifs is 1. The third-order valence-corrected chi connectivity index (χ3v) is 11.4. The molecular weight excluding hydrogens is 705 g/mol. The lowest BCUT2D eigenvalue weighted by Crippen LogP contribution is -2.53. The lowest BCUT2D eigenvalue weighted by Gasteiger charge is -2.37. The van der Waals surface area contributed by atoms with Crippen molar-refractivity contribution < 1.29 is 37.8 Å². The molecule has 52 heavy (non-hydrogen) atoms. The zero-order valence-electron chi connectivity index (χ0n) is 30.0. The molecule has 14 heteroatoms. The number of rotatable bonds is 19. The summed E-state index contributed by atoms with van der Waals surface area (Å²) in [5.41, 5.74) is 1.08. The average Bonchev–Trinajstić information content (AvgIpc) is 3.22. The Morgan fingerprint density at radius 2 is 1.65 bits per heavy atom. The van der Waals surface area contributed by atoms with Crippen molar-refractivity contribution in [3.63, 3.8) is 0 Å². The largest absolute Gasteiger partial charge is 0.508 e. The van der Waals surface area contributed by atoms with E-state index in [1.165, 1.54) is 42.1 Å². The first kappa shape index (κ1) is 40.5. The molecule has 0 saturated heterocycles. The van der Waals surface area contributed by atoms with Gasteiger partial charge in [0.2, 0.25) is 15.9 Å². The molecule has 0 spiro atoms. The molecular formula is C38H50N4O8S2. The molecule has 0 unspecified atom stereocenters. The van der Waals surface area contributed by atoms with E-state index < -0.39 is 46.0 Å². The number of carbonyl (C=O) groups is 3. The molecule has 0 fully saturated rings. The molecule has 1 heterocycles. The van der Waals surface area contributed by atoms with Gasteiger partial charge in [0.05, 0.1) is 16.1 Å². The van der Waals surface area contributed by atoms with Crippen molar-refractivity contribution in [2.45, 2.75) is 93.0 Å². The molecule has 12 nitrogen and oxygen atoms in total. The van der Waals surface area contributed by atoms with Crippen LogP contribution in [-0.4, -0.2) is 67.9 Å². The van der Waals surface area contributed by atoms with Crippen molar-refractivity contribution in [2.24, 2.45) is 0 Å². The fraction of sp³-hybridized carbons (Fsp3) is 0.447. The van der Waals surface area contributed by atoms with Crippen LogP contribution in [0.25, 0.3) is 0 Å². The van der Waals surface area contributed by atoms with E-state index in [1.807, 2.05) is 36.6 Å². The van der Waals surface area contributed by atoms with Gasteiger partial charge in [0.25, 0.3) is 5.91 Å². The summed E-state index contributed by atoms with van der Waals surface area (Å²) in [6.45, 7) is 4.33. The summed E-state index contributed by atoms with van der Waals surface area (Å²) >= 11 is 1.36. The number of para-hydroxylation sites is 1. The number of thioether (sulfide) groups is 1. The van der Waals surface area contributed by atoms with E-state index in [1.54, 1.807) is 6.07 Å². The van der Waals surface area contributed by atoms with Crippen LogP contribution in [0.1, 0.15) is 83.2 Å². The van der Waals surface area contributed by atoms with Gasteiger partial charge < -0.3 is 30.5 Å². The van der Waals surface area contributed by atoms with Crippen LogP contribution >= 0.6 is 11.8 Å². The van der Waals surface area contributed by atoms with Crippen LogP contribution < -0.4 is 25.0 Å². The third kappa shape index (κ3) is 10.9. The SMILES string of the molecule is CCCCC1(CCCC)CN(c2ccccc2)c2cc(SC)c(OCC(=O)N[C@@H](C(=O)NCCCCC(=O)O)c3ccc(O)cc3)cc2S(=O)(=O)N1. The van der Waals surface area contributed by atoms with Crippen molar-refractivity contribution in [1.82, 2.24) is 15.4 Å². The van der Waals surface area contributed by atoms with Crippen LogP contribution in [0, 0.1) is 0 Å². The fourth-order valence-electron chi connectivity index (χ4n) is 6.27. The fourth-order valence-corrected chi connectivity index (χ4v) is 8.47. The highest BCUT2D eigenvalue weighted by molar-refractivity contribution is 7.98. The number of carbonyl (C=O) groups excluding carboxylic acids is 2. The number of hydrogen-bond acceptors (Lipinski definition) is 9. The number of sulfonamides is 1. The molecule has 0 aromatic heterocycles. The molecule has 0 aliphatic carbocycles. The quantitative estimate of drug-likeness (QED) is 0.0693. The summed E-state index contributed by atoms with van der Waals surface area (Å²) in [6, 6.07) is 17.7. The monoisotopic (exact) mass is 754 g/mol. The first-order chi connectivity index (χ1) is 24.9. The van der Waals surface area contributed by atoms with Gasteiger partial charge in [-0.05, 0) is 67.8 Å². The summed E-state index contributed by atoms with van der Waals surface area (Å²) in [5, 5.41) is 24.1. The number of nitrogens with zero attached hydrogens (tertiary/aromatic N) is 1. The molecule has 2 amide bonds. The van der Waals surface area contributed by atoms with Crippen molar-refractivity contribution in [1.29, 1.82) is 0 Å². The Balaban J connectivity index is 1.62. The predicted molar refractivity (Wildman–Crippen MR) is 203 cm³/mol. The number of phenols is 1. The number of unbranched alkanes of at least 4 members (excludes halogenated alkanes) is 3. The molecule has 4 rings (SSSR count). The number of carboxylic acids is 1. The number of aliphatic carboxylic acids is 1. The second-order valence-corrected chi connectivity index (χ2v) is 15.5. The van der Waals surface area contributed by atoms with Crippen molar-refractivity contribution >= 4 is 50.9 Å². The van der Waals surface area contributed by atoms with Crippen molar-refractivity contribution in [2.75, 3.05) is 30.9 Å². The first-order valence-electron chi connectivity index (χ1n) is 17.7. The summed E-state index contributed by atoms with van der Waals surface area (Å²) in [7, 11) is -4.05. The van der Waals surface area contributed by atoms with Gasteiger partial charge in [0.1, 0.15) is 22.4 Å². The van der Waals surface area contributed by atoms with E-state index >= 15 is 0 Å². The Morgan fingerprint density at radius 3 is 2.27 bits per heavy atom. The first-order valence-corrected chi connectivity index (χ1v) is 20.4. The summed E-state index contributed by atoms with van der Waals surface area (Å²) in [4.78, 5) is 40.1. The zero-order chi connectivity index (χ0) is 37.7. The smallest absolute Gasteiger partial charge is 0.303 e. The van der Waals surface area contributed by atoms with E-state index in [-0.39, 0.29) is 29.4 Å². The number of anilines is 2. The normalized spacial score (nSPS) is 15.2. The number of phenolic OH excluding ortho intramolecular Hbond substituents is 1. The van der Waals surface area contributed by atoms with Crippen molar-refractivity contribution in [3.8, 4) is 11.5 Å². The number of carboxylic acid groups (broad SMARTS) is 1. The van der Waals surface area contributed by atoms with Crippen LogP contribution in [0.4, 0.5) is 11.4 Å². The maximum Gasteiger partial charge on any atom is 0.303 e. The molecule has 1 atom stereocenters. The Hall–Kier alpha value is -4.27. The van der Waals surface area contributed by atoms with Gasteiger partial charge in [-0.15, -0.1) is 11.8 Å². The average molecular weight is 755 g/mol. The number of nitrogens with one attached hydrogen (secondary N) is 3. The minimum Gasteiger partial charge on any atom is -0.508 e. The maximum absolute atomic E-state index is 14.3. The zero-order valence-corrected chi connectivity index (χ0v) is 31.7. The number of hydrogen-bond donors (Lipinski definition) is 5. The standard InChI is InChI=1S/C38H50N4O8S2/c1-4-6-20-38(21-7-5-2)26-42(28-13-9-8-10-14-28)30-23-32(51-3)31(24-33(30)52(48,49)41-38)50-25-34(44)40-36(27-16-18-29(43)19-17-27)37(47)39-22-12-11-15-35(45)46/h8-10,13-14,16-19,23-24,36,41,43H,4-7,11-12,15,20-22,25-26H2,1-3H3,(H,39,47)(H,40,44)(H,45,46)/t36-/m1/s1. The Morgan fingerprint density at radius 1 is 0.981 bits per heavy atom. The number of amides is 2. The maximum atomic E-state index is 14.3. The molecule has 1 aliphatic rings. The lowest BCUT2D eigenvalue weighted by molar-refractivity contribution is -0.137. The molecule has 0 radical (unpaired) electrons. The van der Waals surface area contributed by atoms with Crippen LogP contribution in [-0.2, 0) is 24.4 Å². The highest BCUT2D eigenvalue weighted by atomic mass is 32.2. The molecule has 282 valence electrons. The molecule has 3 aromatic rings. The van der Waals surface area contributed by atoms with Gasteiger partial charge in [0.15, 0.2) is 6.61 Å². The van der Waals surface area contributed by atoms with Gasteiger partial charge in [-0.25, -0.2) is 13.1 Å². The summed E-state index contributed by atoms with van der Waals surface area (Å²) in [5.74, 6) is -1.88. The van der Waals surface area contributed by atoms with Crippen LogP contribution in [0.2, 0.25) is 0 Å². The van der Waals surface area contributed by atoms with Gasteiger partial charge in [-0.1, -0.05) is 69.9 Å². The second-order valence-electron chi connectivity index (χ2n) is 13.0. The van der Waals surface area contributed by atoms with E-state index in [4.69, 9.17) is 9.84 Å². The molecule has 0 bridgehead atoms. The van der Waals surface area contributed by atoms with Crippen molar-refractivity contribution in [3.05, 3.63) is 72.3 Å². The van der Waals surface area contributed by atoms with E-state index in [2.05, 4.69) is 34.1 Å². The third-order valence-electron chi connectivity index (χ3n) is 8.99. The van der Waals surface area contributed by atoms with Gasteiger partial charge in [-0.2, -0.15) is 0 Å². The number of benzene rings is 3. The summed E-state index contributed by atoms with van der Waals surface area (Å²) < 4.78 is 37.7. The Kier molecular flexibility index (Phi) is 14.8. The summed E-state index contributed by atoms with van der Waals surface area (Å²) in [6.07, 6.45) is 7.56. The molecule has 3 aromatic carbocycles. The Labute approximate surface area is 310 Å². The lowest BCUT2D eigenvalue weighted by atomic mass is 9.87. The van der Waals surface area contributed by atoms with Gasteiger partial charge >= 0.3 is 5.97 Å².